The van der Waals surface area contributed by atoms with Gasteiger partial charge in [0.2, 0.25) is 0 Å². The number of benzene rings is 14. The van der Waals surface area contributed by atoms with Crippen molar-refractivity contribution < 1.29 is 0 Å². The van der Waals surface area contributed by atoms with Gasteiger partial charge in [-0.2, -0.15) is 0 Å². The monoisotopic (exact) mass is 961 g/mol. The molecule has 0 N–H and O–H groups in total. The van der Waals surface area contributed by atoms with Gasteiger partial charge in [-0.25, -0.2) is 0 Å². The lowest BCUT2D eigenvalue weighted by atomic mass is 9.70. The smallest absolute Gasteiger partial charge is 0.0726 e. The van der Waals surface area contributed by atoms with Crippen LogP contribution in [0, 0.1) is 0 Å². The summed E-state index contributed by atoms with van der Waals surface area (Å²) >= 11 is 0. The van der Waals surface area contributed by atoms with Gasteiger partial charge < -0.3 is 4.90 Å². The van der Waals surface area contributed by atoms with Gasteiger partial charge in [-0.3, -0.25) is 0 Å². The van der Waals surface area contributed by atoms with Crippen molar-refractivity contribution in [3.8, 4) is 55.6 Å². The molecule has 0 unspecified atom stereocenters. The zero-order valence-electron chi connectivity index (χ0n) is 41.6. The summed E-state index contributed by atoms with van der Waals surface area (Å²) < 4.78 is 0. The predicted octanol–water partition coefficient (Wildman–Crippen LogP) is 20.3. The molecule has 0 amide bonds. The molecule has 14 aromatic carbocycles. The summed E-state index contributed by atoms with van der Waals surface area (Å²) in [5, 5.41) is 12.6. The van der Waals surface area contributed by atoms with Crippen LogP contribution < -0.4 is 4.90 Å². The first kappa shape index (κ1) is 42.7. The zero-order chi connectivity index (χ0) is 49.9. The molecule has 0 bridgehead atoms. The Morgan fingerprint density at radius 2 is 0.671 bits per heavy atom. The van der Waals surface area contributed by atoms with E-state index in [0.29, 0.717) is 0 Å². The van der Waals surface area contributed by atoms with Crippen LogP contribution in [0.1, 0.15) is 22.3 Å². The molecule has 16 rings (SSSR count). The third-order valence-electron chi connectivity index (χ3n) is 16.8. The lowest BCUT2D eigenvalue weighted by Crippen LogP contribution is -2.26. The lowest BCUT2D eigenvalue weighted by Gasteiger charge is -2.33. The largest absolute Gasteiger partial charge is 0.310 e. The minimum Gasteiger partial charge on any atom is -0.310 e. The van der Waals surface area contributed by atoms with E-state index < -0.39 is 5.41 Å². The van der Waals surface area contributed by atoms with Crippen molar-refractivity contribution in [3.63, 3.8) is 0 Å². The second-order valence-corrected chi connectivity index (χ2v) is 20.7. The van der Waals surface area contributed by atoms with Crippen LogP contribution in [-0.4, -0.2) is 0 Å². The molecule has 0 aromatic heterocycles. The standard InChI is InChI=1S/C75H47N/c1-2-17-48(18-3-1)53-20-16-21-55(43-53)76(56-41-42-62-60-25-7-6-23-58(60)59-24-8-9-26-61(59)68(62)45-56)74-47-73-69(65-29-12-15-32-72(65)75(73)70-30-13-10-27-63(70)64-28-11-14-31-71(64)75)46-67(74)52-35-33-49(34-36-52)54-40-39-51-38-37-50-19-4-5-22-57(50)66(51)44-54/h1-47H. The Morgan fingerprint density at radius 1 is 0.211 bits per heavy atom. The van der Waals surface area contributed by atoms with Crippen molar-refractivity contribution >= 4 is 70.9 Å². The summed E-state index contributed by atoms with van der Waals surface area (Å²) in [6.07, 6.45) is 0. The minimum atomic E-state index is -0.535. The van der Waals surface area contributed by atoms with Gasteiger partial charge in [0, 0.05) is 16.9 Å². The molecule has 1 spiro atoms. The molecular weight excluding hydrogens is 915 g/mol. The van der Waals surface area contributed by atoms with Crippen LogP contribution >= 0.6 is 0 Å². The van der Waals surface area contributed by atoms with E-state index >= 15 is 0 Å². The quantitative estimate of drug-likeness (QED) is 0.150. The summed E-state index contributed by atoms with van der Waals surface area (Å²) in [5.74, 6) is 0. The number of fused-ring (bicyclic) bond motifs is 19. The maximum atomic E-state index is 2.57. The first-order valence-electron chi connectivity index (χ1n) is 26.5. The van der Waals surface area contributed by atoms with Gasteiger partial charge in [0.05, 0.1) is 11.1 Å². The topological polar surface area (TPSA) is 3.24 Å². The van der Waals surface area contributed by atoms with Gasteiger partial charge >= 0.3 is 0 Å². The fourth-order valence-electron chi connectivity index (χ4n) is 13.5. The van der Waals surface area contributed by atoms with Crippen molar-refractivity contribution in [2.45, 2.75) is 5.41 Å². The Kier molecular flexibility index (Phi) is 9.32. The minimum absolute atomic E-state index is 0.535. The molecular formula is C75H47N. The van der Waals surface area contributed by atoms with E-state index in [1.54, 1.807) is 0 Å². The highest BCUT2D eigenvalue weighted by Crippen LogP contribution is 2.64. The van der Waals surface area contributed by atoms with Crippen LogP contribution in [-0.2, 0) is 5.41 Å². The first-order chi connectivity index (χ1) is 37.7. The van der Waals surface area contributed by atoms with Gasteiger partial charge in [-0.05, 0) is 169 Å². The predicted molar refractivity (Wildman–Crippen MR) is 321 cm³/mol. The first-order valence-corrected chi connectivity index (χ1v) is 26.5. The average molecular weight is 962 g/mol. The van der Waals surface area contributed by atoms with Crippen LogP contribution in [0.15, 0.2) is 285 Å². The Bertz CT molecular complexity index is 4620. The van der Waals surface area contributed by atoms with Gasteiger partial charge in [0.1, 0.15) is 0 Å². The van der Waals surface area contributed by atoms with E-state index in [9.17, 15) is 0 Å². The third kappa shape index (κ3) is 6.21. The zero-order valence-corrected chi connectivity index (χ0v) is 41.6. The van der Waals surface area contributed by atoms with Crippen molar-refractivity contribution in [1.29, 1.82) is 0 Å². The Balaban J connectivity index is 0.991. The molecule has 2 aliphatic rings. The summed E-state index contributed by atoms with van der Waals surface area (Å²) in [7, 11) is 0. The lowest BCUT2D eigenvalue weighted by molar-refractivity contribution is 0.794. The number of hydrogen-bond donors (Lipinski definition) is 0. The van der Waals surface area contributed by atoms with Gasteiger partial charge in [-0.15, -0.1) is 0 Å². The van der Waals surface area contributed by atoms with E-state index in [2.05, 4.69) is 290 Å². The number of hydrogen-bond acceptors (Lipinski definition) is 1. The fourth-order valence-corrected chi connectivity index (χ4v) is 13.5. The fraction of sp³-hybridized carbons (Fsp3) is 0.0133. The number of rotatable bonds is 6. The normalized spacial score (nSPS) is 12.8. The molecule has 0 radical (unpaired) electrons. The van der Waals surface area contributed by atoms with Crippen LogP contribution in [0.4, 0.5) is 17.1 Å². The molecule has 352 valence electrons. The maximum Gasteiger partial charge on any atom is 0.0726 e. The Hall–Kier alpha value is -9.82. The van der Waals surface area contributed by atoms with Gasteiger partial charge in [0.25, 0.3) is 0 Å². The van der Waals surface area contributed by atoms with Crippen LogP contribution in [0.5, 0.6) is 0 Å². The summed E-state index contributed by atoms with van der Waals surface area (Å²) in [5.41, 5.74) is 20.2. The summed E-state index contributed by atoms with van der Waals surface area (Å²) in [6.45, 7) is 0. The second kappa shape index (κ2) is 16.6. The van der Waals surface area contributed by atoms with E-state index in [1.807, 2.05) is 0 Å². The number of nitrogens with zero attached hydrogens (tertiary/aromatic N) is 1. The van der Waals surface area contributed by atoms with E-state index in [-0.39, 0.29) is 0 Å². The molecule has 0 aliphatic heterocycles. The van der Waals surface area contributed by atoms with E-state index in [0.717, 1.165) is 33.8 Å². The van der Waals surface area contributed by atoms with Crippen LogP contribution in [0.3, 0.4) is 0 Å². The molecule has 0 fully saturated rings. The molecule has 0 heterocycles. The molecule has 0 saturated heterocycles. The number of anilines is 3. The summed E-state index contributed by atoms with van der Waals surface area (Å²) in [6, 6.07) is 107. The second-order valence-electron chi connectivity index (χ2n) is 20.7. The molecule has 2 aliphatic carbocycles. The van der Waals surface area contributed by atoms with Crippen molar-refractivity contribution in [1.82, 2.24) is 0 Å². The average Bonchev–Trinajstić information content (AvgIpc) is 4.07. The van der Waals surface area contributed by atoms with E-state index in [1.165, 1.54) is 115 Å². The molecule has 1 heteroatoms. The highest BCUT2D eigenvalue weighted by Gasteiger charge is 2.52. The van der Waals surface area contributed by atoms with Gasteiger partial charge in [0.15, 0.2) is 0 Å². The van der Waals surface area contributed by atoms with Crippen molar-refractivity contribution in [3.05, 3.63) is 307 Å². The van der Waals surface area contributed by atoms with Crippen molar-refractivity contribution in [2.75, 3.05) is 4.90 Å². The maximum absolute atomic E-state index is 2.57. The molecule has 14 aromatic rings. The highest BCUT2D eigenvalue weighted by atomic mass is 15.1. The van der Waals surface area contributed by atoms with E-state index in [4.69, 9.17) is 0 Å². The Morgan fingerprint density at radius 3 is 1.34 bits per heavy atom. The van der Waals surface area contributed by atoms with Crippen LogP contribution in [0.2, 0.25) is 0 Å². The molecule has 0 saturated carbocycles. The highest BCUT2D eigenvalue weighted by molar-refractivity contribution is 6.26. The Labute approximate surface area is 441 Å². The SMILES string of the molecule is c1ccc(-c2cccc(N(c3ccc4c5ccccc5c5ccccc5c4c3)c3cc4c(cc3-c3ccc(-c5ccc6ccc7ccccc7c6c5)cc3)-c3ccccc3C43c4ccccc4-c4ccccc43)c2)cc1. The van der Waals surface area contributed by atoms with Crippen molar-refractivity contribution in [2.24, 2.45) is 0 Å². The third-order valence-corrected chi connectivity index (χ3v) is 16.8. The molecule has 1 nitrogen and oxygen atoms in total. The van der Waals surface area contributed by atoms with Gasteiger partial charge in [-0.1, -0.05) is 243 Å². The van der Waals surface area contributed by atoms with Crippen LogP contribution in [0.25, 0.3) is 109 Å². The molecule has 76 heavy (non-hydrogen) atoms. The molecule has 0 atom stereocenters. The summed E-state index contributed by atoms with van der Waals surface area (Å²) in [4.78, 5) is 2.55.